The van der Waals surface area contributed by atoms with Gasteiger partial charge in [0.2, 0.25) is 0 Å². The molecule has 0 amide bonds. The molecule has 0 radical (unpaired) electrons. The van der Waals surface area contributed by atoms with Crippen molar-refractivity contribution in [2.75, 3.05) is 5.75 Å². The smallest absolute Gasteiger partial charge is 0.0811 e. The van der Waals surface area contributed by atoms with Crippen LogP contribution in [0.2, 0.25) is 5.02 Å². The van der Waals surface area contributed by atoms with E-state index in [1.165, 1.54) is 0 Å². The minimum atomic E-state index is -0.529. The van der Waals surface area contributed by atoms with Gasteiger partial charge in [-0.25, -0.2) is 0 Å². The van der Waals surface area contributed by atoms with Crippen molar-refractivity contribution in [2.45, 2.75) is 30.6 Å². The topological polar surface area (TPSA) is 20.2 Å². The Kier molecular flexibility index (Phi) is 3.29. The molecular formula is C12H15ClOS. The molecule has 0 aromatic heterocycles. The van der Waals surface area contributed by atoms with Crippen LogP contribution in [0.1, 0.15) is 18.9 Å². The van der Waals surface area contributed by atoms with Crippen molar-refractivity contribution >= 4 is 23.4 Å². The summed E-state index contributed by atoms with van der Waals surface area (Å²) >= 11 is 7.68. The molecule has 2 unspecified atom stereocenters. The van der Waals surface area contributed by atoms with Crippen LogP contribution in [0.25, 0.3) is 0 Å². The molecule has 1 nitrogen and oxygen atoms in total. The van der Waals surface area contributed by atoms with Crippen LogP contribution in [-0.2, 0) is 6.42 Å². The first-order chi connectivity index (χ1) is 7.10. The lowest BCUT2D eigenvalue weighted by molar-refractivity contribution is 0.0464. The molecule has 0 saturated carbocycles. The van der Waals surface area contributed by atoms with Gasteiger partial charge in [0.05, 0.1) is 5.60 Å². The molecule has 2 atom stereocenters. The third-order valence-corrected chi connectivity index (χ3v) is 4.71. The standard InChI is InChI=1S/C12H15ClOS/c1-9-12(14,6-7-15-9)8-10-2-4-11(13)5-3-10/h2-5,9,14H,6-8H2,1H3. The van der Waals surface area contributed by atoms with Gasteiger partial charge < -0.3 is 5.11 Å². The molecule has 0 spiro atoms. The molecule has 2 rings (SSSR count). The van der Waals surface area contributed by atoms with E-state index in [0.29, 0.717) is 5.25 Å². The summed E-state index contributed by atoms with van der Waals surface area (Å²) in [4.78, 5) is 0. The molecule has 1 saturated heterocycles. The molecule has 1 aliphatic heterocycles. The first-order valence-electron chi connectivity index (χ1n) is 5.19. The maximum Gasteiger partial charge on any atom is 0.0811 e. The van der Waals surface area contributed by atoms with Crippen LogP contribution in [0.15, 0.2) is 24.3 Å². The largest absolute Gasteiger partial charge is 0.388 e. The summed E-state index contributed by atoms with van der Waals surface area (Å²) in [5.74, 6) is 1.06. The quantitative estimate of drug-likeness (QED) is 0.860. The monoisotopic (exact) mass is 242 g/mol. The summed E-state index contributed by atoms with van der Waals surface area (Å²) in [6, 6.07) is 7.76. The molecule has 0 bridgehead atoms. The molecule has 0 aliphatic carbocycles. The lowest BCUT2D eigenvalue weighted by atomic mass is 9.89. The van der Waals surface area contributed by atoms with Crippen molar-refractivity contribution in [3.63, 3.8) is 0 Å². The van der Waals surface area contributed by atoms with Crippen LogP contribution in [-0.4, -0.2) is 21.7 Å². The Hall–Kier alpha value is -0.180. The maximum absolute atomic E-state index is 10.4. The zero-order valence-corrected chi connectivity index (χ0v) is 10.3. The summed E-state index contributed by atoms with van der Waals surface area (Å²) in [5.41, 5.74) is 0.634. The number of hydrogen-bond donors (Lipinski definition) is 1. The molecule has 1 aromatic carbocycles. The van der Waals surface area contributed by atoms with Gasteiger partial charge in [-0.15, -0.1) is 0 Å². The first-order valence-corrected chi connectivity index (χ1v) is 6.61. The fraction of sp³-hybridized carbons (Fsp3) is 0.500. The lowest BCUT2D eigenvalue weighted by Gasteiger charge is -2.26. The second kappa shape index (κ2) is 4.36. The van der Waals surface area contributed by atoms with Gasteiger partial charge in [-0.2, -0.15) is 11.8 Å². The summed E-state index contributed by atoms with van der Waals surface area (Å²) < 4.78 is 0. The molecule has 15 heavy (non-hydrogen) atoms. The van der Waals surface area contributed by atoms with E-state index in [1.807, 2.05) is 36.0 Å². The van der Waals surface area contributed by atoms with Crippen LogP contribution in [0, 0.1) is 0 Å². The van der Waals surface area contributed by atoms with E-state index in [0.717, 1.165) is 29.2 Å². The molecule has 1 heterocycles. The number of hydrogen-bond acceptors (Lipinski definition) is 2. The van der Waals surface area contributed by atoms with Crippen molar-refractivity contribution in [1.82, 2.24) is 0 Å². The van der Waals surface area contributed by atoms with E-state index < -0.39 is 5.60 Å². The molecule has 1 fully saturated rings. The molecule has 1 N–H and O–H groups in total. The highest BCUT2D eigenvalue weighted by Crippen LogP contribution is 2.37. The van der Waals surface area contributed by atoms with Crippen molar-refractivity contribution in [2.24, 2.45) is 0 Å². The summed E-state index contributed by atoms with van der Waals surface area (Å²) in [6.45, 7) is 2.10. The average molecular weight is 243 g/mol. The Balaban J connectivity index is 2.11. The predicted octanol–water partition coefficient (Wildman–Crippen LogP) is 3.14. The fourth-order valence-corrected chi connectivity index (χ4v) is 3.42. The van der Waals surface area contributed by atoms with Gasteiger partial charge in [0.25, 0.3) is 0 Å². The van der Waals surface area contributed by atoms with Gasteiger partial charge in [-0.3, -0.25) is 0 Å². The number of thioether (sulfide) groups is 1. The Morgan fingerprint density at radius 3 is 2.67 bits per heavy atom. The Bertz CT molecular complexity index is 338. The van der Waals surface area contributed by atoms with Crippen LogP contribution < -0.4 is 0 Å². The third-order valence-electron chi connectivity index (χ3n) is 3.08. The number of rotatable bonds is 2. The predicted molar refractivity (Wildman–Crippen MR) is 66.6 cm³/mol. The van der Waals surface area contributed by atoms with Crippen LogP contribution in [0.3, 0.4) is 0 Å². The first kappa shape index (κ1) is 11.3. The number of aliphatic hydroxyl groups is 1. The van der Waals surface area contributed by atoms with Crippen molar-refractivity contribution in [3.05, 3.63) is 34.9 Å². The van der Waals surface area contributed by atoms with Gasteiger partial charge in [0, 0.05) is 16.7 Å². The molecule has 1 aliphatic rings. The Morgan fingerprint density at radius 2 is 2.13 bits per heavy atom. The van der Waals surface area contributed by atoms with Crippen LogP contribution in [0.5, 0.6) is 0 Å². The van der Waals surface area contributed by atoms with Crippen molar-refractivity contribution < 1.29 is 5.11 Å². The van der Waals surface area contributed by atoms with E-state index in [4.69, 9.17) is 11.6 Å². The summed E-state index contributed by atoms with van der Waals surface area (Å²) in [7, 11) is 0. The highest BCUT2D eigenvalue weighted by atomic mass is 35.5. The summed E-state index contributed by atoms with van der Waals surface area (Å²) in [5, 5.41) is 11.5. The summed E-state index contributed by atoms with van der Waals surface area (Å²) in [6.07, 6.45) is 1.62. The molecule has 3 heteroatoms. The lowest BCUT2D eigenvalue weighted by Crippen LogP contribution is -2.36. The minimum Gasteiger partial charge on any atom is -0.388 e. The fourth-order valence-electron chi connectivity index (χ4n) is 1.96. The van der Waals surface area contributed by atoms with Gasteiger partial charge in [-0.1, -0.05) is 30.7 Å². The van der Waals surface area contributed by atoms with Gasteiger partial charge in [-0.05, 0) is 29.9 Å². The molecular weight excluding hydrogens is 228 g/mol. The highest BCUT2D eigenvalue weighted by molar-refractivity contribution is 8.00. The second-order valence-electron chi connectivity index (χ2n) is 4.17. The third kappa shape index (κ3) is 2.49. The van der Waals surface area contributed by atoms with E-state index in [1.54, 1.807) is 0 Å². The van der Waals surface area contributed by atoms with Gasteiger partial charge in [0.1, 0.15) is 0 Å². The maximum atomic E-state index is 10.4. The van der Waals surface area contributed by atoms with Crippen molar-refractivity contribution in [3.8, 4) is 0 Å². The van der Waals surface area contributed by atoms with E-state index in [2.05, 4.69) is 6.92 Å². The van der Waals surface area contributed by atoms with Crippen LogP contribution >= 0.6 is 23.4 Å². The van der Waals surface area contributed by atoms with E-state index >= 15 is 0 Å². The number of benzene rings is 1. The van der Waals surface area contributed by atoms with Crippen LogP contribution in [0.4, 0.5) is 0 Å². The number of halogens is 1. The average Bonchev–Trinajstić information content (AvgIpc) is 2.51. The highest BCUT2D eigenvalue weighted by Gasteiger charge is 2.38. The van der Waals surface area contributed by atoms with Crippen molar-refractivity contribution in [1.29, 1.82) is 0 Å². The minimum absolute atomic E-state index is 0.327. The zero-order chi connectivity index (χ0) is 10.9. The normalized spacial score (nSPS) is 30.7. The Labute approximate surface area is 99.8 Å². The van der Waals surface area contributed by atoms with Gasteiger partial charge in [0.15, 0.2) is 0 Å². The SMILES string of the molecule is CC1SCCC1(O)Cc1ccc(Cl)cc1. The second-order valence-corrected chi connectivity index (χ2v) is 6.05. The Morgan fingerprint density at radius 1 is 1.47 bits per heavy atom. The van der Waals surface area contributed by atoms with Gasteiger partial charge >= 0.3 is 0 Å². The van der Waals surface area contributed by atoms with E-state index in [9.17, 15) is 5.11 Å². The zero-order valence-electron chi connectivity index (χ0n) is 8.74. The van der Waals surface area contributed by atoms with E-state index in [-0.39, 0.29) is 0 Å². The molecule has 1 aromatic rings. The molecule has 82 valence electrons.